The van der Waals surface area contributed by atoms with E-state index in [1.807, 2.05) is 12.1 Å². The number of benzene rings is 1. The van der Waals surface area contributed by atoms with Gasteiger partial charge in [-0.15, -0.1) is 12.4 Å². The summed E-state index contributed by atoms with van der Waals surface area (Å²) in [5, 5.41) is 2.98. The van der Waals surface area contributed by atoms with Gasteiger partial charge < -0.3 is 20.5 Å². The summed E-state index contributed by atoms with van der Waals surface area (Å²) >= 11 is 0. The summed E-state index contributed by atoms with van der Waals surface area (Å²) in [4.78, 5) is 23.8. The summed E-state index contributed by atoms with van der Waals surface area (Å²) in [6.07, 6.45) is 2.04. The average molecular weight is 357 g/mol. The Labute approximate surface area is 148 Å². The molecule has 1 fully saturated rings. The summed E-state index contributed by atoms with van der Waals surface area (Å²) in [7, 11) is 1.36. The maximum Gasteiger partial charge on any atom is 0.337 e. The van der Waals surface area contributed by atoms with Crippen LogP contribution in [0.25, 0.3) is 0 Å². The first-order valence-electron chi connectivity index (χ1n) is 7.85. The molecular weight excluding hydrogens is 332 g/mol. The molecule has 0 saturated carbocycles. The quantitative estimate of drug-likeness (QED) is 0.750. The molecule has 1 aromatic rings. The first-order valence-corrected chi connectivity index (χ1v) is 7.85. The third-order valence-electron chi connectivity index (χ3n) is 4.40. The van der Waals surface area contributed by atoms with Crippen LogP contribution in [0.4, 0.5) is 0 Å². The number of halogens is 1. The Bertz CT molecular complexity index is 542. The number of carbonyl (C=O) groups is 2. The van der Waals surface area contributed by atoms with E-state index in [0.717, 1.165) is 5.56 Å². The van der Waals surface area contributed by atoms with E-state index in [0.29, 0.717) is 51.1 Å². The molecule has 6 nitrogen and oxygen atoms in total. The van der Waals surface area contributed by atoms with Crippen LogP contribution in [-0.4, -0.2) is 45.3 Å². The molecule has 3 N–H and O–H groups in total. The van der Waals surface area contributed by atoms with E-state index in [1.165, 1.54) is 7.11 Å². The molecule has 0 radical (unpaired) electrons. The molecule has 1 heterocycles. The van der Waals surface area contributed by atoms with Crippen LogP contribution in [0.15, 0.2) is 24.3 Å². The molecule has 134 valence electrons. The zero-order valence-corrected chi connectivity index (χ0v) is 14.7. The van der Waals surface area contributed by atoms with Crippen LogP contribution in [-0.2, 0) is 20.7 Å². The number of ether oxygens (including phenoxy) is 2. The molecule has 1 saturated heterocycles. The standard InChI is InChI=1S/C17H24N2O4.ClH/c1-22-15(20)14-4-2-13(3-5-14)6-9-19-16(21)17(12-18)7-10-23-11-8-17;/h2-5H,6-12,18H2,1H3,(H,19,21);1H. The van der Waals surface area contributed by atoms with Gasteiger partial charge in [-0.1, -0.05) is 12.1 Å². The van der Waals surface area contributed by atoms with Crippen molar-refractivity contribution in [2.75, 3.05) is 33.4 Å². The van der Waals surface area contributed by atoms with E-state index in [9.17, 15) is 9.59 Å². The van der Waals surface area contributed by atoms with Crippen molar-refractivity contribution in [1.82, 2.24) is 5.32 Å². The number of nitrogens with two attached hydrogens (primary N) is 1. The molecule has 7 heteroatoms. The minimum Gasteiger partial charge on any atom is -0.465 e. The lowest BCUT2D eigenvalue weighted by atomic mass is 9.79. The van der Waals surface area contributed by atoms with Crippen molar-refractivity contribution in [3.8, 4) is 0 Å². The number of carbonyl (C=O) groups excluding carboxylic acids is 2. The third-order valence-corrected chi connectivity index (χ3v) is 4.40. The first kappa shape index (κ1) is 20.4. The van der Waals surface area contributed by atoms with E-state index in [-0.39, 0.29) is 24.3 Å². The Morgan fingerprint density at radius 1 is 1.25 bits per heavy atom. The van der Waals surface area contributed by atoms with Crippen molar-refractivity contribution in [3.05, 3.63) is 35.4 Å². The fraction of sp³-hybridized carbons (Fsp3) is 0.529. The highest BCUT2D eigenvalue weighted by Gasteiger charge is 2.38. The Morgan fingerprint density at radius 3 is 2.42 bits per heavy atom. The van der Waals surface area contributed by atoms with E-state index in [4.69, 9.17) is 10.5 Å². The fourth-order valence-electron chi connectivity index (χ4n) is 2.72. The minimum atomic E-state index is -0.493. The van der Waals surface area contributed by atoms with Gasteiger partial charge in [0.2, 0.25) is 5.91 Å². The van der Waals surface area contributed by atoms with Gasteiger partial charge in [0.25, 0.3) is 0 Å². The normalized spacial score (nSPS) is 15.9. The highest BCUT2D eigenvalue weighted by Crippen LogP contribution is 2.29. The van der Waals surface area contributed by atoms with Gasteiger partial charge >= 0.3 is 5.97 Å². The largest absolute Gasteiger partial charge is 0.465 e. The number of esters is 1. The van der Waals surface area contributed by atoms with Crippen LogP contribution < -0.4 is 11.1 Å². The molecule has 0 aliphatic carbocycles. The summed E-state index contributed by atoms with van der Waals surface area (Å²) in [5.41, 5.74) is 6.89. The summed E-state index contributed by atoms with van der Waals surface area (Å²) < 4.78 is 9.98. The molecule has 1 aromatic carbocycles. The molecule has 0 bridgehead atoms. The van der Waals surface area contributed by atoms with Crippen LogP contribution in [0.3, 0.4) is 0 Å². The number of rotatable bonds is 6. The van der Waals surface area contributed by atoms with Crippen molar-refractivity contribution < 1.29 is 19.1 Å². The number of amides is 1. The smallest absolute Gasteiger partial charge is 0.337 e. The molecule has 1 amide bonds. The molecule has 1 aliphatic heterocycles. The highest BCUT2D eigenvalue weighted by atomic mass is 35.5. The Morgan fingerprint density at radius 2 is 1.88 bits per heavy atom. The van der Waals surface area contributed by atoms with Gasteiger partial charge in [-0.3, -0.25) is 4.79 Å². The van der Waals surface area contributed by atoms with Crippen molar-refractivity contribution >= 4 is 24.3 Å². The second kappa shape index (κ2) is 9.61. The maximum atomic E-state index is 12.4. The molecule has 24 heavy (non-hydrogen) atoms. The van der Waals surface area contributed by atoms with Crippen molar-refractivity contribution in [2.45, 2.75) is 19.3 Å². The van der Waals surface area contributed by atoms with Crippen LogP contribution in [0.1, 0.15) is 28.8 Å². The van der Waals surface area contributed by atoms with Crippen LogP contribution in [0, 0.1) is 5.41 Å². The van der Waals surface area contributed by atoms with Crippen molar-refractivity contribution in [1.29, 1.82) is 0 Å². The Hall–Kier alpha value is -1.63. The summed E-state index contributed by atoms with van der Waals surface area (Å²) in [6.45, 7) is 2.05. The molecule has 1 aliphatic rings. The molecule has 2 rings (SSSR count). The molecule has 0 unspecified atom stereocenters. The number of nitrogens with one attached hydrogen (secondary N) is 1. The fourth-order valence-corrected chi connectivity index (χ4v) is 2.72. The Balaban J connectivity index is 0.00000288. The SMILES string of the molecule is COC(=O)c1ccc(CCNC(=O)C2(CN)CCOCC2)cc1.Cl. The predicted molar refractivity (Wildman–Crippen MR) is 93.3 cm³/mol. The van der Waals surface area contributed by atoms with Gasteiger partial charge in [-0.05, 0) is 37.0 Å². The molecule has 0 atom stereocenters. The number of methoxy groups -OCH3 is 1. The molecular formula is C17H25ClN2O4. The van der Waals surface area contributed by atoms with Crippen LogP contribution in [0.2, 0.25) is 0 Å². The van der Waals surface area contributed by atoms with Gasteiger partial charge in [-0.2, -0.15) is 0 Å². The number of hydrogen-bond donors (Lipinski definition) is 2. The van der Waals surface area contributed by atoms with E-state index < -0.39 is 5.41 Å². The molecule has 0 spiro atoms. The second-order valence-electron chi connectivity index (χ2n) is 5.79. The first-order chi connectivity index (χ1) is 11.1. The van der Waals surface area contributed by atoms with E-state index >= 15 is 0 Å². The zero-order valence-electron chi connectivity index (χ0n) is 13.9. The van der Waals surface area contributed by atoms with Crippen molar-refractivity contribution in [3.63, 3.8) is 0 Å². The van der Waals surface area contributed by atoms with Crippen LogP contribution in [0.5, 0.6) is 0 Å². The molecule has 0 aromatic heterocycles. The predicted octanol–water partition coefficient (Wildman–Crippen LogP) is 1.31. The van der Waals surface area contributed by atoms with Gasteiger partial charge in [0, 0.05) is 26.3 Å². The van der Waals surface area contributed by atoms with Crippen LogP contribution >= 0.6 is 12.4 Å². The van der Waals surface area contributed by atoms with Gasteiger partial charge in [0.05, 0.1) is 18.1 Å². The minimum absolute atomic E-state index is 0. The monoisotopic (exact) mass is 356 g/mol. The lowest BCUT2D eigenvalue weighted by Crippen LogP contribution is -2.49. The third kappa shape index (κ3) is 4.93. The zero-order chi connectivity index (χ0) is 16.7. The lowest BCUT2D eigenvalue weighted by Gasteiger charge is -2.34. The van der Waals surface area contributed by atoms with Gasteiger partial charge in [-0.25, -0.2) is 4.79 Å². The topological polar surface area (TPSA) is 90.7 Å². The van der Waals surface area contributed by atoms with Crippen molar-refractivity contribution in [2.24, 2.45) is 11.1 Å². The highest BCUT2D eigenvalue weighted by molar-refractivity contribution is 5.89. The summed E-state index contributed by atoms with van der Waals surface area (Å²) in [5.74, 6) is -0.344. The maximum absolute atomic E-state index is 12.4. The lowest BCUT2D eigenvalue weighted by molar-refractivity contribution is -0.135. The van der Waals surface area contributed by atoms with Gasteiger partial charge in [0.15, 0.2) is 0 Å². The average Bonchev–Trinajstić information content (AvgIpc) is 2.62. The summed E-state index contributed by atoms with van der Waals surface area (Å²) in [6, 6.07) is 7.18. The van der Waals surface area contributed by atoms with E-state index in [1.54, 1.807) is 12.1 Å². The Kier molecular flexibility index (Phi) is 8.18. The van der Waals surface area contributed by atoms with Gasteiger partial charge in [0.1, 0.15) is 0 Å². The van der Waals surface area contributed by atoms with E-state index in [2.05, 4.69) is 10.1 Å². The second-order valence-corrected chi connectivity index (χ2v) is 5.79. The number of hydrogen-bond acceptors (Lipinski definition) is 5.